The van der Waals surface area contributed by atoms with Crippen molar-refractivity contribution in [2.45, 2.75) is 35.0 Å². The standard InChI is InChI=1S/C34H28N2O8S/c37-20-26-27(42-30(38)21-12-4-1-5-13-21)28(43-31(39)22-14-6-2-7-15-22)29(44-32(40)23-16-8-3-9-17-23)33(41-26)45-34-35-24-18-10-11-19-25(24)36-34/h1-19,26-29,33,37H,20H2,(H,35,36)/t26-,27-,28+,29-,33+/m1/s1. The van der Waals surface area contributed by atoms with E-state index in [4.69, 9.17) is 18.9 Å². The van der Waals surface area contributed by atoms with Gasteiger partial charge in [0.25, 0.3) is 0 Å². The van der Waals surface area contributed by atoms with E-state index in [2.05, 4.69) is 9.97 Å². The molecule has 2 N–H and O–H groups in total. The van der Waals surface area contributed by atoms with Gasteiger partial charge in [-0.3, -0.25) is 0 Å². The smallest absolute Gasteiger partial charge is 0.338 e. The summed E-state index contributed by atoms with van der Waals surface area (Å²) >= 11 is 1.09. The summed E-state index contributed by atoms with van der Waals surface area (Å²) in [5.41, 5.74) is 1.14. The first kappa shape index (κ1) is 30.1. The van der Waals surface area contributed by atoms with Crippen LogP contribution >= 0.6 is 11.8 Å². The molecule has 0 amide bonds. The molecule has 45 heavy (non-hydrogen) atoms. The van der Waals surface area contributed by atoms with Crippen LogP contribution in [0, 0.1) is 0 Å². The molecule has 1 aromatic heterocycles. The van der Waals surface area contributed by atoms with Gasteiger partial charge in [0.1, 0.15) is 6.10 Å². The molecule has 0 bridgehead atoms. The SMILES string of the molecule is O=C(O[C@@H]1[C@@H](OC(=O)c2ccccc2)[C@H](Sc2nc3ccccc3[nH]2)O[C@H](CO)[C@H]1OC(=O)c1ccccc1)c1ccccc1. The summed E-state index contributed by atoms with van der Waals surface area (Å²) in [6.07, 6.45) is -5.19. The third kappa shape index (κ3) is 6.91. The maximum absolute atomic E-state index is 13.5. The lowest BCUT2D eigenvalue weighted by molar-refractivity contribution is -0.207. The number of aliphatic hydroxyl groups is 1. The Kier molecular flexibility index (Phi) is 9.20. The van der Waals surface area contributed by atoms with Crippen LogP contribution in [0.15, 0.2) is 120 Å². The van der Waals surface area contributed by atoms with Gasteiger partial charge >= 0.3 is 17.9 Å². The molecule has 1 aliphatic rings. The molecule has 0 spiro atoms. The molecular weight excluding hydrogens is 596 g/mol. The molecular formula is C34H28N2O8S. The number of carbonyl (C=O) groups is 3. The van der Waals surface area contributed by atoms with Gasteiger partial charge in [-0.25, -0.2) is 19.4 Å². The number of fused-ring (bicyclic) bond motifs is 1. The summed E-state index contributed by atoms with van der Waals surface area (Å²) in [7, 11) is 0. The Balaban J connectivity index is 1.39. The van der Waals surface area contributed by atoms with Crippen LogP contribution in [-0.4, -0.2) is 69.4 Å². The number of imidazole rings is 1. The highest BCUT2D eigenvalue weighted by Crippen LogP contribution is 2.38. The summed E-state index contributed by atoms with van der Waals surface area (Å²) in [6.45, 7) is -0.595. The first-order valence-electron chi connectivity index (χ1n) is 14.2. The predicted molar refractivity (Wildman–Crippen MR) is 165 cm³/mol. The maximum atomic E-state index is 13.5. The molecule has 0 radical (unpaired) electrons. The molecule has 10 nitrogen and oxygen atoms in total. The molecule has 4 aromatic carbocycles. The van der Waals surface area contributed by atoms with E-state index in [1.165, 1.54) is 0 Å². The van der Waals surface area contributed by atoms with E-state index in [9.17, 15) is 19.5 Å². The zero-order valence-corrected chi connectivity index (χ0v) is 24.5. The van der Waals surface area contributed by atoms with Crippen LogP contribution < -0.4 is 0 Å². The normalized spacial score (nSPS) is 21.1. The number of carbonyl (C=O) groups excluding carboxylic acids is 3. The highest BCUT2D eigenvalue weighted by Gasteiger charge is 2.53. The Bertz CT molecular complexity index is 1730. The molecule has 5 aromatic rings. The van der Waals surface area contributed by atoms with Crippen molar-refractivity contribution in [3.8, 4) is 0 Å². The monoisotopic (exact) mass is 624 g/mol. The van der Waals surface area contributed by atoms with Gasteiger partial charge in [0, 0.05) is 0 Å². The topological polar surface area (TPSA) is 137 Å². The van der Waals surface area contributed by atoms with Crippen LogP contribution in [0.3, 0.4) is 0 Å². The number of aliphatic hydroxyl groups excluding tert-OH is 1. The Morgan fingerprint density at radius 1 is 0.667 bits per heavy atom. The van der Waals surface area contributed by atoms with Crippen LogP contribution in [-0.2, 0) is 18.9 Å². The Morgan fingerprint density at radius 2 is 1.13 bits per heavy atom. The van der Waals surface area contributed by atoms with E-state index in [0.29, 0.717) is 10.7 Å². The van der Waals surface area contributed by atoms with Gasteiger partial charge in [-0.1, -0.05) is 78.5 Å². The first-order chi connectivity index (χ1) is 22.0. The second kappa shape index (κ2) is 13.8. The van der Waals surface area contributed by atoms with Crippen LogP contribution in [0.25, 0.3) is 11.0 Å². The highest BCUT2D eigenvalue weighted by atomic mass is 32.2. The number of thioether (sulfide) groups is 1. The van der Waals surface area contributed by atoms with E-state index >= 15 is 0 Å². The van der Waals surface area contributed by atoms with Gasteiger partial charge in [0.15, 0.2) is 28.9 Å². The predicted octanol–water partition coefficient (Wildman–Crippen LogP) is 5.05. The van der Waals surface area contributed by atoms with Crippen LogP contribution in [0.2, 0.25) is 0 Å². The largest absolute Gasteiger partial charge is 0.452 e. The minimum atomic E-state index is -1.38. The molecule has 5 atom stereocenters. The fourth-order valence-corrected chi connectivity index (χ4v) is 6.00. The maximum Gasteiger partial charge on any atom is 0.338 e. The molecule has 0 unspecified atom stereocenters. The fourth-order valence-electron chi connectivity index (χ4n) is 4.91. The average Bonchev–Trinajstić information content (AvgIpc) is 3.50. The minimum absolute atomic E-state index is 0.229. The number of para-hydroxylation sites is 2. The number of nitrogens with zero attached hydrogens (tertiary/aromatic N) is 1. The average molecular weight is 625 g/mol. The van der Waals surface area contributed by atoms with Crippen LogP contribution in [0.4, 0.5) is 0 Å². The van der Waals surface area contributed by atoms with E-state index in [1.807, 2.05) is 24.3 Å². The number of benzene rings is 4. The van der Waals surface area contributed by atoms with E-state index < -0.39 is 54.4 Å². The van der Waals surface area contributed by atoms with Crippen LogP contribution in [0.5, 0.6) is 0 Å². The van der Waals surface area contributed by atoms with Gasteiger partial charge in [0.2, 0.25) is 0 Å². The van der Waals surface area contributed by atoms with Gasteiger partial charge in [-0.15, -0.1) is 0 Å². The number of rotatable bonds is 9. The number of H-pyrrole nitrogens is 1. The molecule has 6 rings (SSSR count). The molecule has 228 valence electrons. The minimum Gasteiger partial charge on any atom is -0.452 e. The Hall–Kier alpha value is -4.97. The number of esters is 3. The lowest BCUT2D eigenvalue weighted by Crippen LogP contribution is -2.61. The third-order valence-corrected chi connectivity index (χ3v) is 8.15. The zero-order chi connectivity index (χ0) is 31.2. The van der Waals surface area contributed by atoms with Crippen molar-refractivity contribution in [1.82, 2.24) is 9.97 Å². The van der Waals surface area contributed by atoms with Gasteiger partial charge in [-0.2, -0.15) is 0 Å². The second-order valence-electron chi connectivity index (χ2n) is 10.1. The number of ether oxygens (including phenoxy) is 4. The number of hydrogen-bond donors (Lipinski definition) is 2. The third-order valence-electron chi connectivity index (χ3n) is 7.12. The summed E-state index contributed by atoms with van der Waals surface area (Å²) < 4.78 is 24.2. The lowest BCUT2D eigenvalue weighted by Gasteiger charge is -2.44. The molecule has 11 heteroatoms. The second-order valence-corrected chi connectivity index (χ2v) is 11.2. The molecule has 1 fully saturated rings. The highest BCUT2D eigenvalue weighted by molar-refractivity contribution is 7.99. The van der Waals surface area contributed by atoms with Crippen molar-refractivity contribution in [3.63, 3.8) is 0 Å². The summed E-state index contributed by atoms with van der Waals surface area (Å²) in [5.74, 6) is -2.19. The molecule has 1 aliphatic heterocycles. The molecule has 0 aliphatic carbocycles. The van der Waals surface area contributed by atoms with E-state index in [-0.39, 0.29) is 16.7 Å². The summed E-state index contributed by atoms with van der Waals surface area (Å²) in [6, 6.07) is 32.2. The van der Waals surface area contributed by atoms with Crippen molar-refractivity contribution in [3.05, 3.63) is 132 Å². The van der Waals surface area contributed by atoms with E-state index in [0.717, 1.165) is 17.3 Å². The molecule has 2 heterocycles. The van der Waals surface area contributed by atoms with E-state index in [1.54, 1.807) is 91.0 Å². The number of aromatic amines is 1. The number of hydrogen-bond acceptors (Lipinski definition) is 10. The van der Waals surface area contributed by atoms with Gasteiger partial charge in [0.05, 0.1) is 34.3 Å². The summed E-state index contributed by atoms with van der Waals surface area (Å²) in [4.78, 5) is 48.0. The van der Waals surface area contributed by atoms with Crippen molar-refractivity contribution in [2.24, 2.45) is 0 Å². The summed E-state index contributed by atoms with van der Waals surface area (Å²) in [5, 5.41) is 10.9. The van der Waals surface area contributed by atoms with Gasteiger partial charge < -0.3 is 29.0 Å². The zero-order valence-electron chi connectivity index (χ0n) is 23.7. The molecule has 0 saturated carbocycles. The van der Waals surface area contributed by atoms with Crippen molar-refractivity contribution in [1.29, 1.82) is 0 Å². The number of aromatic nitrogens is 2. The lowest BCUT2D eigenvalue weighted by atomic mass is 9.98. The van der Waals surface area contributed by atoms with Crippen LogP contribution in [0.1, 0.15) is 31.1 Å². The molecule has 1 saturated heterocycles. The fraction of sp³-hybridized carbons (Fsp3) is 0.176. The first-order valence-corrected chi connectivity index (χ1v) is 15.0. The van der Waals surface area contributed by atoms with Crippen molar-refractivity contribution >= 4 is 40.7 Å². The quantitative estimate of drug-likeness (QED) is 0.169. The van der Waals surface area contributed by atoms with Gasteiger partial charge in [-0.05, 0) is 48.5 Å². The number of nitrogens with one attached hydrogen (secondary N) is 1. The Labute approximate surface area is 262 Å². The van der Waals surface area contributed by atoms with Crippen molar-refractivity contribution < 1.29 is 38.4 Å². The van der Waals surface area contributed by atoms with Crippen molar-refractivity contribution in [2.75, 3.05) is 6.61 Å². The Morgan fingerprint density at radius 3 is 1.64 bits per heavy atom.